The number of hydrogen-bond donors (Lipinski definition) is 4. The molecule has 0 aliphatic carbocycles. The van der Waals surface area contributed by atoms with Gasteiger partial charge in [-0.2, -0.15) is 0 Å². The molecule has 0 aliphatic heterocycles. The molecule has 0 saturated carbocycles. The quantitative estimate of drug-likeness (QED) is 0.563. The van der Waals surface area contributed by atoms with Crippen LogP contribution >= 0.6 is 22.6 Å². The average molecular weight is 396 g/mol. The fourth-order valence-corrected chi connectivity index (χ4v) is 1.89. The number of aliphatic carboxylic acids is 2. The van der Waals surface area contributed by atoms with Gasteiger partial charge in [-0.05, 0) is 40.8 Å². The number of rotatable bonds is 5. The van der Waals surface area contributed by atoms with Crippen molar-refractivity contribution in [1.29, 1.82) is 0 Å². The fraction of sp³-hybridized carbons (Fsp3) is 0.182. The topological polar surface area (TPSA) is 116 Å². The number of hydrogen-bond acceptors (Lipinski definition) is 3. The molecular formula is C11H10FIN2O5. The molecule has 0 fully saturated rings. The maximum atomic E-state index is 12.9. The summed E-state index contributed by atoms with van der Waals surface area (Å²) in [6, 6.07) is 1.18. The van der Waals surface area contributed by atoms with Crippen LogP contribution in [0.4, 0.5) is 14.9 Å². The normalized spacial score (nSPS) is 11.5. The molecule has 2 amide bonds. The molecule has 20 heavy (non-hydrogen) atoms. The van der Waals surface area contributed by atoms with Gasteiger partial charge in [0.2, 0.25) is 0 Å². The van der Waals surface area contributed by atoms with Crippen molar-refractivity contribution in [2.75, 3.05) is 5.32 Å². The van der Waals surface area contributed by atoms with Gasteiger partial charge < -0.3 is 20.8 Å². The summed E-state index contributed by atoms with van der Waals surface area (Å²) in [6.45, 7) is 0. The van der Waals surface area contributed by atoms with Gasteiger partial charge in [0.25, 0.3) is 0 Å². The second kappa shape index (κ2) is 7.03. The number of nitrogens with one attached hydrogen (secondary N) is 2. The van der Waals surface area contributed by atoms with Gasteiger partial charge >= 0.3 is 18.0 Å². The molecule has 1 rings (SSSR count). The van der Waals surface area contributed by atoms with Crippen LogP contribution in [0.25, 0.3) is 0 Å². The van der Waals surface area contributed by atoms with Gasteiger partial charge in [0.1, 0.15) is 11.9 Å². The van der Waals surface area contributed by atoms with E-state index in [0.717, 1.165) is 6.07 Å². The van der Waals surface area contributed by atoms with Crippen LogP contribution in [0, 0.1) is 9.39 Å². The predicted molar refractivity (Wildman–Crippen MR) is 74.9 cm³/mol. The zero-order chi connectivity index (χ0) is 15.3. The highest BCUT2D eigenvalue weighted by Crippen LogP contribution is 2.18. The molecule has 1 aromatic rings. The van der Waals surface area contributed by atoms with E-state index in [1.54, 1.807) is 22.6 Å². The standard InChI is InChI=1S/C11H10FIN2O5/c12-5-1-2-7(6(13)3-5)14-11(20)15-8(10(18)19)4-9(16)17/h1-3,8H,4H2,(H,16,17)(H,18,19)(H2,14,15,20)/t8-/m1/s1. The number of carboxylic acids is 2. The molecule has 0 aromatic heterocycles. The van der Waals surface area contributed by atoms with E-state index in [1.165, 1.54) is 12.1 Å². The van der Waals surface area contributed by atoms with E-state index in [4.69, 9.17) is 10.2 Å². The first-order valence-corrected chi connectivity index (χ1v) is 6.34. The molecule has 4 N–H and O–H groups in total. The maximum Gasteiger partial charge on any atom is 0.326 e. The maximum absolute atomic E-state index is 12.9. The van der Waals surface area contributed by atoms with Crippen LogP contribution in [0.3, 0.4) is 0 Å². The van der Waals surface area contributed by atoms with Crippen molar-refractivity contribution in [2.24, 2.45) is 0 Å². The third-order valence-corrected chi connectivity index (χ3v) is 3.05. The average Bonchev–Trinajstić information content (AvgIpc) is 2.31. The molecule has 0 saturated heterocycles. The monoisotopic (exact) mass is 396 g/mol. The van der Waals surface area contributed by atoms with Crippen molar-refractivity contribution in [3.8, 4) is 0 Å². The summed E-state index contributed by atoms with van der Waals surface area (Å²) in [7, 11) is 0. The fourth-order valence-electron chi connectivity index (χ4n) is 1.28. The zero-order valence-corrected chi connectivity index (χ0v) is 12.0. The molecule has 9 heteroatoms. The zero-order valence-electron chi connectivity index (χ0n) is 9.89. The molecular weight excluding hydrogens is 386 g/mol. The second-order valence-electron chi connectivity index (χ2n) is 3.71. The first kappa shape index (κ1) is 16.1. The lowest BCUT2D eigenvalue weighted by atomic mass is 10.2. The minimum Gasteiger partial charge on any atom is -0.481 e. The van der Waals surface area contributed by atoms with Crippen LogP contribution in [-0.4, -0.2) is 34.2 Å². The molecule has 0 aliphatic rings. The Balaban J connectivity index is 2.70. The van der Waals surface area contributed by atoms with E-state index in [0.29, 0.717) is 3.57 Å². The largest absolute Gasteiger partial charge is 0.481 e. The summed E-state index contributed by atoms with van der Waals surface area (Å²) in [4.78, 5) is 32.8. The third-order valence-electron chi connectivity index (χ3n) is 2.16. The third kappa shape index (κ3) is 4.99. The Kier molecular flexibility index (Phi) is 5.67. The summed E-state index contributed by atoms with van der Waals surface area (Å²) >= 11 is 1.79. The molecule has 0 spiro atoms. The number of amides is 2. The highest BCUT2D eigenvalue weighted by Gasteiger charge is 2.23. The summed E-state index contributed by atoms with van der Waals surface area (Å²) in [5, 5.41) is 21.6. The van der Waals surface area contributed by atoms with Crippen molar-refractivity contribution in [1.82, 2.24) is 5.32 Å². The van der Waals surface area contributed by atoms with Crippen molar-refractivity contribution < 1.29 is 29.0 Å². The first-order chi connectivity index (χ1) is 9.29. The van der Waals surface area contributed by atoms with Crippen LogP contribution in [0.15, 0.2) is 18.2 Å². The van der Waals surface area contributed by atoms with E-state index in [1.807, 2.05) is 5.32 Å². The van der Waals surface area contributed by atoms with Crippen LogP contribution in [0.2, 0.25) is 0 Å². The number of anilines is 1. The van der Waals surface area contributed by atoms with Crippen molar-refractivity contribution in [3.05, 3.63) is 27.6 Å². The number of carboxylic acid groups (broad SMARTS) is 2. The molecule has 108 valence electrons. The van der Waals surface area contributed by atoms with E-state index in [9.17, 15) is 18.8 Å². The first-order valence-electron chi connectivity index (χ1n) is 5.26. The molecule has 0 radical (unpaired) electrons. The van der Waals surface area contributed by atoms with Gasteiger partial charge in [0, 0.05) is 3.57 Å². The van der Waals surface area contributed by atoms with Gasteiger partial charge in [-0.3, -0.25) is 4.79 Å². The molecule has 1 aromatic carbocycles. The van der Waals surface area contributed by atoms with Crippen LogP contribution < -0.4 is 10.6 Å². The van der Waals surface area contributed by atoms with Gasteiger partial charge in [0.05, 0.1) is 12.1 Å². The number of carbonyl (C=O) groups is 3. The van der Waals surface area contributed by atoms with E-state index >= 15 is 0 Å². The minimum atomic E-state index is -1.55. The second-order valence-corrected chi connectivity index (χ2v) is 4.87. The van der Waals surface area contributed by atoms with Crippen molar-refractivity contribution in [3.63, 3.8) is 0 Å². The summed E-state index contributed by atoms with van der Waals surface area (Å²) in [6.07, 6.45) is -0.747. The van der Waals surface area contributed by atoms with Crippen molar-refractivity contribution >= 4 is 46.2 Å². The smallest absolute Gasteiger partial charge is 0.326 e. The lowest BCUT2D eigenvalue weighted by Gasteiger charge is -2.14. The van der Waals surface area contributed by atoms with Gasteiger partial charge in [-0.25, -0.2) is 14.0 Å². The highest BCUT2D eigenvalue weighted by atomic mass is 127. The molecule has 1 atom stereocenters. The van der Waals surface area contributed by atoms with E-state index < -0.39 is 36.2 Å². The minimum absolute atomic E-state index is 0.281. The molecule has 0 unspecified atom stereocenters. The predicted octanol–water partition coefficient (Wildman–Crippen LogP) is 1.48. The molecule has 0 heterocycles. The number of carbonyl (C=O) groups excluding carboxylic acids is 1. The van der Waals surface area contributed by atoms with Crippen LogP contribution in [-0.2, 0) is 9.59 Å². The number of halogens is 2. The summed E-state index contributed by atoms with van der Waals surface area (Å²) in [5.74, 6) is -3.29. The Morgan fingerprint density at radius 3 is 2.45 bits per heavy atom. The van der Waals surface area contributed by atoms with Gasteiger partial charge in [0.15, 0.2) is 0 Å². The lowest BCUT2D eigenvalue weighted by molar-refractivity contribution is -0.145. The summed E-state index contributed by atoms with van der Waals surface area (Å²) in [5.41, 5.74) is 0.281. The van der Waals surface area contributed by atoms with Gasteiger partial charge in [-0.15, -0.1) is 0 Å². The van der Waals surface area contributed by atoms with Gasteiger partial charge in [-0.1, -0.05) is 0 Å². The van der Waals surface area contributed by atoms with E-state index in [2.05, 4.69) is 5.32 Å². The Morgan fingerprint density at radius 1 is 1.30 bits per heavy atom. The Labute approximate surface area is 126 Å². The SMILES string of the molecule is O=C(O)C[C@@H](NC(=O)Nc1ccc(F)cc1I)C(=O)O. The van der Waals surface area contributed by atoms with Crippen molar-refractivity contribution in [2.45, 2.75) is 12.5 Å². The Morgan fingerprint density at radius 2 is 1.95 bits per heavy atom. The summed E-state index contributed by atoms with van der Waals surface area (Å²) < 4.78 is 13.3. The van der Waals surface area contributed by atoms with E-state index in [-0.39, 0.29) is 5.69 Å². The Hall–Kier alpha value is -1.91. The van der Waals surface area contributed by atoms with Crippen LogP contribution in [0.5, 0.6) is 0 Å². The molecule has 7 nitrogen and oxygen atoms in total. The lowest BCUT2D eigenvalue weighted by Crippen LogP contribution is -2.44. The number of urea groups is 1. The Bertz CT molecular complexity index is 552. The number of benzene rings is 1. The van der Waals surface area contributed by atoms with Crippen LogP contribution in [0.1, 0.15) is 6.42 Å². The highest BCUT2D eigenvalue weighted by molar-refractivity contribution is 14.1. The molecule has 0 bridgehead atoms.